The zero-order valence-electron chi connectivity index (χ0n) is 18.3. The highest BCUT2D eigenvalue weighted by molar-refractivity contribution is 7.99. The van der Waals surface area contributed by atoms with E-state index in [-0.39, 0.29) is 12.0 Å². The Morgan fingerprint density at radius 1 is 1.26 bits per heavy atom. The number of hydrogen-bond donors (Lipinski definition) is 0. The van der Waals surface area contributed by atoms with Crippen LogP contribution in [0.3, 0.4) is 0 Å². The number of aryl methyl sites for hydroxylation is 2. The second kappa shape index (κ2) is 10.6. The van der Waals surface area contributed by atoms with Crippen molar-refractivity contribution in [3.8, 4) is 0 Å². The van der Waals surface area contributed by atoms with Gasteiger partial charge in [-0.1, -0.05) is 48.1 Å². The van der Waals surface area contributed by atoms with Crippen molar-refractivity contribution in [1.82, 2.24) is 4.98 Å². The maximum absolute atomic E-state index is 13.2. The van der Waals surface area contributed by atoms with E-state index in [0.29, 0.717) is 13.0 Å². The van der Waals surface area contributed by atoms with Crippen molar-refractivity contribution in [2.45, 2.75) is 57.0 Å². The molecule has 4 nitrogen and oxygen atoms in total. The van der Waals surface area contributed by atoms with Gasteiger partial charge in [-0.15, -0.1) is 11.8 Å². The first kappa shape index (κ1) is 22.3. The molecular weight excluding hydrogens is 424 g/mol. The number of hydrogen-bond acceptors (Lipinski definition) is 5. The molecule has 1 aromatic heterocycles. The number of benzene rings is 2. The maximum Gasteiger partial charge on any atom is 0.228 e. The predicted molar refractivity (Wildman–Crippen MR) is 131 cm³/mol. The van der Waals surface area contributed by atoms with Gasteiger partial charge in [-0.05, 0) is 62.1 Å². The zero-order valence-corrected chi connectivity index (χ0v) is 19.9. The molecule has 2 aromatic carbocycles. The Balaban J connectivity index is 1.44. The summed E-state index contributed by atoms with van der Waals surface area (Å²) in [6, 6.07) is 14.9. The van der Waals surface area contributed by atoms with Gasteiger partial charge in [0.15, 0.2) is 5.13 Å². The molecule has 2 heterocycles. The topological polar surface area (TPSA) is 42.4 Å². The molecule has 0 N–H and O–H groups in total. The Morgan fingerprint density at radius 2 is 2.10 bits per heavy atom. The molecule has 31 heavy (non-hydrogen) atoms. The first-order chi connectivity index (χ1) is 15.1. The summed E-state index contributed by atoms with van der Waals surface area (Å²) in [4.78, 5) is 21.3. The van der Waals surface area contributed by atoms with Gasteiger partial charge in [-0.25, -0.2) is 4.98 Å². The molecule has 3 aromatic rings. The molecule has 0 bridgehead atoms. The minimum Gasteiger partial charge on any atom is -0.376 e. The Morgan fingerprint density at radius 3 is 2.84 bits per heavy atom. The number of aromatic nitrogens is 1. The number of amides is 1. The number of anilines is 1. The van der Waals surface area contributed by atoms with Crippen molar-refractivity contribution in [1.29, 1.82) is 0 Å². The van der Waals surface area contributed by atoms with E-state index in [4.69, 9.17) is 9.72 Å². The van der Waals surface area contributed by atoms with Gasteiger partial charge in [0.25, 0.3) is 0 Å². The third kappa shape index (κ3) is 5.68. The summed E-state index contributed by atoms with van der Waals surface area (Å²) in [6.45, 7) is 5.64. The molecule has 4 rings (SSSR count). The van der Waals surface area contributed by atoms with Crippen LogP contribution in [0, 0.1) is 6.92 Å². The van der Waals surface area contributed by atoms with Crippen molar-refractivity contribution in [2.75, 3.05) is 23.8 Å². The average Bonchev–Trinajstić information content (AvgIpc) is 3.45. The van der Waals surface area contributed by atoms with E-state index in [1.807, 2.05) is 16.7 Å². The number of carbonyl (C=O) groups is 1. The van der Waals surface area contributed by atoms with Crippen LogP contribution in [0.4, 0.5) is 5.13 Å². The molecule has 1 saturated heterocycles. The summed E-state index contributed by atoms with van der Waals surface area (Å²) in [6.07, 6.45) is 4.52. The third-order valence-electron chi connectivity index (χ3n) is 5.64. The SMILES string of the molecule is CCc1cccc2sc(N(CC3CCCO3)C(=O)CCCSc3ccc(C)cc3)nc12. The molecule has 164 valence electrons. The summed E-state index contributed by atoms with van der Waals surface area (Å²) in [7, 11) is 0. The van der Waals surface area contributed by atoms with E-state index in [0.717, 1.165) is 53.4 Å². The lowest BCUT2D eigenvalue weighted by atomic mass is 10.1. The molecular formula is C25H30N2O2S2. The lowest BCUT2D eigenvalue weighted by Gasteiger charge is -2.23. The van der Waals surface area contributed by atoms with E-state index < -0.39 is 0 Å². The number of ether oxygens (including phenoxy) is 1. The largest absolute Gasteiger partial charge is 0.376 e. The molecule has 1 unspecified atom stereocenters. The van der Waals surface area contributed by atoms with Crippen molar-refractivity contribution in [3.05, 3.63) is 53.6 Å². The van der Waals surface area contributed by atoms with E-state index in [2.05, 4.69) is 56.3 Å². The number of nitrogens with zero attached hydrogens (tertiary/aromatic N) is 2. The van der Waals surface area contributed by atoms with Gasteiger partial charge in [0.1, 0.15) is 0 Å². The van der Waals surface area contributed by atoms with Gasteiger partial charge < -0.3 is 4.74 Å². The first-order valence-corrected chi connectivity index (χ1v) is 12.9. The van der Waals surface area contributed by atoms with Crippen molar-refractivity contribution < 1.29 is 9.53 Å². The van der Waals surface area contributed by atoms with Gasteiger partial charge in [-0.2, -0.15) is 0 Å². The van der Waals surface area contributed by atoms with Crippen LogP contribution in [0.1, 0.15) is 43.7 Å². The van der Waals surface area contributed by atoms with Gasteiger partial charge in [0, 0.05) is 17.9 Å². The van der Waals surface area contributed by atoms with Gasteiger partial charge in [0.2, 0.25) is 5.91 Å². The van der Waals surface area contributed by atoms with E-state index in [1.54, 1.807) is 11.3 Å². The number of rotatable bonds is 9. The second-order valence-corrected chi connectivity index (χ2v) is 10.2. The van der Waals surface area contributed by atoms with E-state index >= 15 is 0 Å². The monoisotopic (exact) mass is 454 g/mol. The Kier molecular flexibility index (Phi) is 7.64. The maximum atomic E-state index is 13.2. The molecule has 1 aliphatic heterocycles. The average molecular weight is 455 g/mol. The van der Waals surface area contributed by atoms with Crippen LogP contribution in [0.2, 0.25) is 0 Å². The molecule has 0 saturated carbocycles. The minimum absolute atomic E-state index is 0.114. The molecule has 0 aliphatic carbocycles. The fourth-order valence-corrected chi connectivity index (χ4v) is 5.75. The van der Waals surface area contributed by atoms with E-state index in [9.17, 15) is 4.79 Å². The Hall–Kier alpha value is -1.89. The number of para-hydroxylation sites is 1. The summed E-state index contributed by atoms with van der Waals surface area (Å²) in [5, 5.41) is 0.808. The van der Waals surface area contributed by atoms with Crippen LogP contribution in [-0.4, -0.2) is 35.9 Å². The minimum atomic E-state index is 0.114. The molecule has 0 spiro atoms. The van der Waals surface area contributed by atoms with Gasteiger partial charge in [0.05, 0.1) is 22.9 Å². The van der Waals surface area contributed by atoms with Crippen LogP contribution in [0.25, 0.3) is 10.2 Å². The zero-order chi connectivity index (χ0) is 21.6. The molecule has 1 aliphatic rings. The highest BCUT2D eigenvalue weighted by atomic mass is 32.2. The van der Waals surface area contributed by atoms with E-state index in [1.165, 1.54) is 16.0 Å². The van der Waals surface area contributed by atoms with Crippen LogP contribution >= 0.6 is 23.1 Å². The van der Waals surface area contributed by atoms with Crippen LogP contribution < -0.4 is 4.90 Å². The summed E-state index contributed by atoms with van der Waals surface area (Å²) >= 11 is 3.43. The summed E-state index contributed by atoms with van der Waals surface area (Å²) in [5.41, 5.74) is 3.54. The lowest BCUT2D eigenvalue weighted by Crippen LogP contribution is -2.37. The molecule has 6 heteroatoms. The van der Waals surface area contributed by atoms with Gasteiger partial charge >= 0.3 is 0 Å². The molecule has 1 fully saturated rings. The summed E-state index contributed by atoms with van der Waals surface area (Å²) < 4.78 is 6.99. The predicted octanol–water partition coefficient (Wildman–Crippen LogP) is 6.25. The highest BCUT2D eigenvalue weighted by Gasteiger charge is 2.26. The third-order valence-corrected chi connectivity index (χ3v) is 7.78. The Labute approximate surface area is 193 Å². The number of carbonyl (C=O) groups excluding carboxylic acids is 1. The number of thioether (sulfide) groups is 1. The fraction of sp³-hybridized carbons (Fsp3) is 0.440. The highest BCUT2D eigenvalue weighted by Crippen LogP contribution is 2.32. The molecule has 1 amide bonds. The smallest absolute Gasteiger partial charge is 0.228 e. The van der Waals surface area contributed by atoms with Crippen LogP contribution in [0.5, 0.6) is 0 Å². The van der Waals surface area contributed by atoms with Gasteiger partial charge in [-0.3, -0.25) is 9.69 Å². The number of fused-ring (bicyclic) bond motifs is 1. The Bertz CT molecular complexity index is 1010. The standard InChI is InChI=1S/C25H30N2O2S2/c1-3-19-7-4-9-22-24(19)26-25(31-22)27(17-20-8-5-15-29-20)23(28)10-6-16-30-21-13-11-18(2)12-14-21/h4,7,9,11-14,20H,3,5-6,8,10,15-17H2,1-2H3. The van der Waals surface area contributed by atoms with Crippen molar-refractivity contribution >= 4 is 44.4 Å². The van der Waals surface area contributed by atoms with Crippen LogP contribution in [0.15, 0.2) is 47.4 Å². The van der Waals surface area contributed by atoms with Crippen molar-refractivity contribution in [3.63, 3.8) is 0 Å². The second-order valence-electron chi connectivity index (χ2n) is 8.02. The molecule has 1 atom stereocenters. The summed E-state index contributed by atoms with van der Waals surface area (Å²) in [5.74, 6) is 1.08. The van der Waals surface area contributed by atoms with Crippen molar-refractivity contribution in [2.24, 2.45) is 0 Å². The molecule has 0 radical (unpaired) electrons. The lowest BCUT2D eigenvalue weighted by molar-refractivity contribution is -0.119. The quantitative estimate of drug-likeness (QED) is 0.283. The fourth-order valence-electron chi connectivity index (χ4n) is 3.86. The van der Waals surface area contributed by atoms with Crippen LogP contribution in [-0.2, 0) is 16.0 Å². The number of thiazole rings is 1. The first-order valence-electron chi connectivity index (χ1n) is 11.1. The normalized spacial score (nSPS) is 16.1.